The summed E-state index contributed by atoms with van der Waals surface area (Å²) in [6, 6.07) is 11.3. The van der Waals surface area contributed by atoms with Crippen LogP contribution in [0.15, 0.2) is 42.5 Å². The molecule has 2 N–H and O–H groups in total. The normalized spacial score (nSPS) is 14.3. The van der Waals surface area contributed by atoms with Crippen LogP contribution in [0, 0.1) is 0 Å². The van der Waals surface area contributed by atoms with E-state index in [0.29, 0.717) is 23.6 Å². The molecule has 0 fully saturated rings. The van der Waals surface area contributed by atoms with Crippen LogP contribution in [0.25, 0.3) is 28.6 Å². The lowest BCUT2D eigenvalue weighted by atomic mass is 10.0. The number of ether oxygens (including phenoxy) is 1. The van der Waals surface area contributed by atoms with Gasteiger partial charge in [0.25, 0.3) is 5.91 Å². The van der Waals surface area contributed by atoms with E-state index in [-0.39, 0.29) is 11.8 Å². The third kappa shape index (κ3) is 4.80. The van der Waals surface area contributed by atoms with Crippen LogP contribution in [0.3, 0.4) is 0 Å². The maximum Gasteiger partial charge on any atom is 0.256 e. The van der Waals surface area contributed by atoms with Crippen molar-refractivity contribution in [1.29, 1.82) is 0 Å². The van der Waals surface area contributed by atoms with E-state index in [9.17, 15) is 9.59 Å². The van der Waals surface area contributed by atoms with Crippen molar-refractivity contribution in [1.82, 2.24) is 20.0 Å². The number of nitrogens with one attached hydrogen (secondary N) is 2. The Hall–Kier alpha value is -3.91. The van der Waals surface area contributed by atoms with Crippen LogP contribution in [0.4, 0.5) is 5.69 Å². The topological polar surface area (TPSA) is 90.6 Å². The van der Waals surface area contributed by atoms with Gasteiger partial charge in [0, 0.05) is 48.4 Å². The average molecular weight is 446 g/mol. The molecule has 0 spiro atoms. The standard InChI is InChI=1S/C25H27N5O3/c1-29(2)11-12-30(3)24(31)10-9-22-18-7-5-16(14-23(18)28-27-22)13-20-19-15-17(33-4)6-8-21(19)26-25(20)32/h5-10,13-15H,11-12H2,1-4H3,(H,26,32)(H,27,28)/b10-9+,20-13+. The number of methoxy groups -OCH3 is 1. The molecule has 0 bridgehead atoms. The van der Waals surface area contributed by atoms with Crippen molar-refractivity contribution in [3.05, 3.63) is 59.3 Å². The summed E-state index contributed by atoms with van der Waals surface area (Å²) >= 11 is 0. The number of carbonyl (C=O) groups excluding carboxylic acids is 2. The summed E-state index contributed by atoms with van der Waals surface area (Å²) in [5.74, 6) is 0.470. The minimum Gasteiger partial charge on any atom is -0.497 e. The summed E-state index contributed by atoms with van der Waals surface area (Å²) in [6.45, 7) is 1.45. The summed E-state index contributed by atoms with van der Waals surface area (Å²) in [5, 5.41) is 11.1. The van der Waals surface area contributed by atoms with Gasteiger partial charge < -0.3 is 19.9 Å². The number of H-pyrrole nitrogens is 1. The van der Waals surface area contributed by atoms with E-state index in [4.69, 9.17) is 4.74 Å². The van der Waals surface area contributed by atoms with Gasteiger partial charge in [0.15, 0.2) is 0 Å². The lowest BCUT2D eigenvalue weighted by molar-refractivity contribution is -0.124. The van der Waals surface area contributed by atoms with Crippen molar-refractivity contribution < 1.29 is 14.3 Å². The Morgan fingerprint density at radius 1 is 1.12 bits per heavy atom. The van der Waals surface area contributed by atoms with Crippen LogP contribution >= 0.6 is 0 Å². The quantitative estimate of drug-likeness (QED) is 0.546. The number of nitrogens with zero attached hydrogens (tertiary/aromatic N) is 3. The van der Waals surface area contributed by atoms with Crippen molar-refractivity contribution in [3.8, 4) is 5.75 Å². The van der Waals surface area contributed by atoms with Crippen LogP contribution < -0.4 is 10.1 Å². The fourth-order valence-corrected chi connectivity index (χ4v) is 3.62. The molecule has 1 aromatic heterocycles. The number of fused-ring (bicyclic) bond motifs is 2. The second-order valence-corrected chi connectivity index (χ2v) is 8.23. The van der Waals surface area contributed by atoms with Gasteiger partial charge in [-0.2, -0.15) is 5.10 Å². The fraction of sp³-hybridized carbons (Fsp3) is 0.240. The molecule has 2 amide bonds. The fourth-order valence-electron chi connectivity index (χ4n) is 3.62. The molecule has 3 aromatic rings. The molecule has 2 heterocycles. The van der Waals surface area contributed by atoms with Crippen LogP contribution in [-0.4, -0.2) is 73.2 Å². The second-order valence-electron chi connectivity index (χ2n) is 8.23. The first-order chi connectivity index (χ1) is 15.9. The third-order valence-electron chi connectivity index (χ3n) is 5.58. The third-order valence-corrected chi connectivity index (χ3v) is 5.58. The molecule has 0 saturated carbocycles. The van der Waals surface area contributed by atoms with Gasteiger partial charge in [-0.1, -0.05) is 6.07 Å². The van der Waals surface area contributed by atoms with E-state index in [1.807, 2.05) is 61.5 Å². The molecule has 0 atom stereocenters. The lowest BCUT2D eigenvalue weighted by Crippen LogP contribution is -2.32. The molecule has 1 aliphatic heterocycles. The highest BCUT2D eigenvalue weighted by Gasteiger charge is 2.24. The van der Waals surface area contributed by atoms with Crippen LogP contribution in [0.1, 0.15) is 16.8 Å². The number of anilines is 1. The van der Waals surface area contributed by atoms with E-state index < -0.39 is 0 Å². The van der Waals surface area contributed by atoms with Crippen molar-refractivity contribution in [2.75, 3.05) is 46.7 Å². The van der Waals surface area contributed by atoms with Crippen molar-refractivity contribution in [2.24, 2.45) is 0 Å². The SMILES string of the molecule is COc1ccc2c(c1)/C(=C\c1ccc3c(/C=C/C(=O)N(C)CCN(C)C)n[nH]c3c1)C(=O)N2. The van der Waals surface area contributed by atoms with Crippen molar-refractivity contribution >= 4 is 46.1 Å². The Kier molecular flexibility index (Phi) is 6.28. The molecule has 2 aromatic carbocycles. The van der Waals surface area contributed by atoms with Gasteiger partial charge in [-0.15, -0.1) is 0 Å². The molecule has 0 radical (unpaired) electrons. The van der Waals surface area contributed by atoms with E-state index in [1.54, 1.807) is 25.1 Å². The second kappa shape index (κ2) is 9.30. The Morgan fingerprint density at radius 3 is 2.70 bits per heavy atom. The van der Waals surface area contributed by atoms with Gasteiger partial charge in [0.2, 0.25) is 5.91 Å². The van der Waals surface area contributed by atoms with Gasteiger partial charge in [0.1, 0.15) is 5.75 Å². The number of aromatic nitrogens is 2. The zero-order valence-corrected chi connectivity index (χ0v) is 19.2. The number of amides is 2. The van der Waals surface area contributed by atoms with Gasteiger partial charge in [0.05, 0.1) is 18.3 Å². The first-order valence-electron chi connectivity index (χ1n) is 10.6. The Morgan fingerprint density at radius 2 is 1.94 bits per heavy atom. The minimum absolute atomic E-state index is 0.0734. The molecule has 0 saturated heterocycles. The van der Waals surface area contributed by atoms with Gasteiger partial charge >= 0.3 is 0 Å². The summed E-state index contributed by atoms with van der Waals surface area (Å²) in [7, 11) is 7.33. The molecule has 8 heteroatoms. The number of aromatic amines is 1. The number of hydrogen-bond acceptors (Lipinski definition) is 5. The Balaban J connectivity index is 1.56. The number of benzene rings is 2. The molecule has 33 heavy (non-hydrogen) atoms. The first-order valence-corrected chi connectivity index (χ1v) is 10.6. The highest BCUT2D eigenvalue weighted by atomic mass is 16.5. The van der Waals surface area contributed by atoms with Crippen molar-refractivity contribution in [3.63, 3.8) is 0 Å². The van der Waals surface area contributed by atoms with Gasteiger partial charge in [-0.25, -0.2) is 0 Å². The maximum absolute atomic E-state index is 12.5. The zero-order valence-electron chi connectivity index (χ0n) is 19.2. The van der Waals surface area contributed by atoms with Crippen molar-refractivity contribution in [2.45, 2.75) is 0 Å². The molecule has 170 valence electrons. The maximum atomic E-state index is 12.5. The molecular weight excluding hydrogens is 418 g/mol. The molecule has 0 unspecified atom stereocenters. The van der Waals surface area contributed by atoms with Crippen LogP contribution in [0.2, 0.25) is 0 Å². The molecule has 8 nitrogen and oxygen atoms in total. The molecule has 0 aliphatic carbocycles. The van der Waals surface area contributed by atoms with E-state index in [1.165, 1.54) is 6.08 Å². The number of carbonyl (C=O) groups is 2. The number of rotatable bonds is 7. The van der Waals surface area contributed by atoms with Gasteiger partial charge in [-0.05, 0) is 62.1 Å². The minimum atomic E-state index is -0.150. The summed E-state index contributed by atoms with van der Waals surface area (Å²) in [5.41, 5.74) is 4.53. The largest absolute Gasteiger partial charge is 0.497 e. The summed E-state index contributed by atoms with van der Waals surface area (Å²) in [4.78, 5) is 28.6. The lowest BCUT2D eigenvalue weighted by Gasteiger charge is -2.17. The van der Waals surface area contributed by atoms with E-state index in [2.05, 4.69) is 15.5 Å². The Labute approximate surface area is 192 Å². The van der Waals surface area contributed by atoms with E-state index in [0.717, 1.165) is 34.3 Å². The average Bonchev–Trinajstić information content (AvgIpc) is 3.35. The van der Waals surface area contributed by atoms with Gasteiger partial charge in [-0.3, -0.25) is 14.7 Å². The predicted octanol–water partition coefficient (Wildman–Crippen LogP) is 3.10. The van der Waals surface area contributed by atoms with Crippen LogP contribution in [-0.2, 0) is 9.59 Å². The first kappa shape index (κ1) is 22.3. The smallest absolute Gasteiger partial charge is 0.256 e. The monoisotopic (exact) mass is 445 g/mol. The zero-order chi connectivity index (χ0) is 23.5. The van der Waals surface area contributed by atoms with E-state index >= 15 is 0 Å². The molecule has 1 aliphatic rings. The Bertz CT molecular complexity index is 1270. The highest BCUT2D eigenvalue weighted by molar-refractivity contribution is 6.35. The molecule has 4 rings (SSSR count). The molecular formula is C25H27N5O3. The number of hydrogen-bond donors (Lipinski definition) is 2. The van der Waals surface area contributed by atoms with Crippen LogP contribution in [0.5, 0.6) is 5.75 Å². The number of likely N-dealkylation sites (N-methyl/N-ethyl adjacent to an activating group) is 2. The summed E-state index contributed by atoms with van der Waals surface area (Å²) in [6.07, 6.45) is 5.10. The predicted molar refractivity (Wildman–Crippen MR) is 131 cm³/mol. The highest BCUT2D eigenvalue weighted by Crippen LogP contribution is 2.36. The summed E-state index contributed by atoms with van der Waals surface area (Å²) < 4.78 is 5.30.